The molecule has 0 radical (unpaired) electrons. The third kappa shape index (κ3) is 6.56. The summed E-state index contributed by atoms with van der Waals surface area (Å²) in [5.74, 6) is 0.910. The minimum Gasteiger partial charge on any atom is -0.444 e. The number of piperidine rings is 1. The molecule has 0 aliphatic carbocycles. The molecule has 2 heterocycles. The van der Waals surface area contributed by atoms with E-state index < -0.39 is 5.60 Å². The Morgan fingerprint density at radius 3 is 2.57 bits per heavy atom. The Bertz CT molecular complexity index is 573. The first-order valence-electron chi connectivity index (χ1n) is 10.5. The van der Waals surface area contributed by atoms with Crippen molar-refractivity contribution in [2.45, 2.75) is 77.5 Å². The van der Waals surface area contributed by atoms with E-state index >= 15 is 0 Å². The zero-order valence-corrected chi connectivity index (χ0v) is 18.1. The minimum absolute atomic E-state index is 0.0869. The SMILES string of the molecule is CCC(=O)N1CCC(NC(=NC)NCC2CCCCN2C(=O)OC(C)(C)C)C1. The third-order valence-corrected chi connectivity index (χ3v) is 5.17. The monoisotopic (exact) mass is 395 g/mol. The number of hydrogen-bond acceptors (Lipinski definition) is 4. The van der Waals surface area contributed by atoms with Gasteiger partial charge in [-0.3, -0.25) is 9.79 Å². The highest BCUT2D eigenvalue weighted by Gasteiger charge is 2.31. The van der Waals surface area contributed by atoms with Crippen LogP contribution in [0.4, 0.5) is 4.79 Å². The van der Waals surface area contributed by atoms with Crippen LogP contribution < -0.4 is 10.6 Å². The molecule has 28 heavy (non-hydrogen) atoms. The molecular formula is C20H37N5O3. The molecular weight excluding hydrogens is 358 g/mol. The first-order valence-corrected chi connectivity index (χ1v) is 10.5. The molecule has 2 aliphatic heterocycles. The summed E-state index contributed by atoms with van der Waals surface area (Å²) < 4.78 is 5.57. The van der Waals surface area contributed by atoms with Gasteiger partial charge in [0.2, 0.25) is 5.91 Å². The van der Waals surface area contributed by atoms with Gasteiger partial charge in [0.25, 0.3) is 0 Å². The predicted octanol–water partition coefficient (Wildman–Crippen LogP) is 1.95. The maximum atomic E-state index is 12.5. The molecule has 0 bridgehead atoms. The number of nitrogens with one attached hydrogen (secondary N) is 2. The van der Waals surface area contributed by atoms with Crippen molar-refractivity contribution in [3.63, 3.8) is 0 Å². The van der Waals surface area contributed by atoms with E-state index in [4.69, 9.17) is 4.74 Å². The first-order chi connectivity index (χ1) is 13.2. The summed E-state index contributed by atoms with van der Waals surface area (Å²) in [6.07, 6.45) is 4.28. The summed E-state index contributed by atoms with van der Waals surface area (Å²) in [4.78, 5) is 32.4. The molecule has 8 heteroatoms. The Hall–Kier alpha value is -1.99. The normalized spacial score (nSPS) is 23.5. The van der Waals surface area contributed by atoms with Gasteiger partial charge in [-0.1, -0.05) is 6.92 Å². The second kappa shape index (κ2) is 9.98. The van der Waals surface area contributed by atoms with Crippen molar-refractivity contribution in [1.82, 2.24) is 20.4 Å². The lowest BCUT2D eigenvalue weighted by molar-refractivity contribution is -0.129. The Morgan fingerprint density at radius 1 is 1.18 bits per heavy atom. The molecule has 0 saturated carbocycles. The average molecular weight is 396 g/mol. The van der Waals surface area contributed by atoms with Gasteiger partial charge in [0.05, 0.1) is 6.04 Å². The van der Waals surface area contributed by atoms with Crippen molar-refractivity contribution in [2.75, 3.05) is 33.2 Å². The van der Waals surface area contributed by atoms with Crippen molar-refractivity contribution in [3.05, 3.63) is 0 Å². The minimum atomic E-state index is -0.492. The number of carbonyl (C=O) groups is 2. The van der Waals surface area contributed by atoms with Crippen LogP contribution in [0.15, 0.2) is 4.99 Å². The quantitative estimate of drug-likeness (QED) is 0.561. The second-order valence-corrected chi connectivity index (χ2v) is 8.60. The van der Waals surface area contributed by atoms with E-state index in [9.17, 15) is 9.59 Å². The van der Waals surface area contributed by atoms with Crippen molar-refractivity contribution >= 4 is 18.0 Å². The van der Waals surface area contributed by atoms with Gasteiger partial charge in [-0.2, -0.15) is 0 Å². The number of carbonyl (C=O) groups excluding carboxylic acids is 2. The predicted molar refractivity (Wildman–Crippen MR) is 110 cm³/mol. The molecule has 2 unspecified atom stereocenters. The largest absolute Gasteiger partial charge is 0.444 e. The lowest BCUT2D eigenvalue weighted by Gasteiger charge is -2.37. The summed E-state index contributed by atoms with van der Waals surface area (Å²) in [7, 11) is 1.74. The zero-order valence-electron chi connectivity index (χ0n) is 18.1. The average Bonchev–Trinajstić information content (AvgIpc) is 3.11. The summed E-state index contributed by atoms with van der Waals surface area (Å²) in [5.41, 5.74) is -0.492. The van der Waals surface area contributed by atoms with Crippen LogP contribution in [0.1, 0.15) is 59.8 Å². The Labute approximate surface area is 169 Å². The molecule has 2 atom stereocenters. The van der Waals surface area contributed by atoms with Crippen LogP contribution in [0.3, 0.4) is 0 Å². The van der Waals surface area contributed by atoms with E-state index in [0.717, 1.165) is 38.8 Å². The van der Waals surface area contributed by atoms with E-state index in [-0.39, 0.29) is 24.1 Å². The van der Waals surface area contributed by atoms with Gasteiger partial charge in [0, 0.05) is 45.7 Å². The van der Waals surface area contributed by atoms with Gasteiger partial charge in [-0.15, -0.1) is 0 Å². The molecule has 0 aromatic rings. The molecule has 2 rings (SSSR count). The van der Waals surface area contributed by atoms with Gasteiger partial charge >= 0.3 is 6.09 Å². The van der Waals surface area contributed by atoms with Gasteiger partial charge in [0.15, 0.2) is 5.96 Å². The molecule has 2 fully saturated rings. The molecule has 0 aromatic heterocycles. The molecule has 2 N–H and O–H groups in total. The van der Waals surface area contributed by atoms with Crippen LogP contribution in [-0.2, 0) is 9.53 Å². The number of guanidine groups is 1. The summed E-state index contributed by atoms with van der Waals surface area (Å²) >= 11 is 0. The lowest BCUT2D eigenvalue weighted by atomic mass is 10.0. The molecule has 2 aliphatic rings. The van der Waals surface area contributed by atoms with Gasteiger partial charge in [-0.25, -0.2) is 4.79 Å². The molecule has 8 nitrogen and oxygen atoms in total. The first kappa shape index (κ1) is 22.3. The van der Waals surface area contributed by atoms with E-state index in [1.807, 2.05) is 37.5 Å². The Morgan fingerprint density at radius 2 is 1.93 bits per heavy atom. The van der Waals surface area contributed by atoms with Crippen LogP contribution in [0.5, 0.6) is 0 Å². The van der Waals surface area contributed by atoms with Gasteiger partial charge in [-0.05, 0) is 46.5 Å². The number of hydrogen-bond donors (Lipinski definition) is 2. The summed E-state index contributed by atoms with van der Waals surface area (Å²) in [5, 5.41) is 6.76. The fourth-order valence-electron chi connectivity index (χ4n) is 3.70. The van der Waals surface area contributed by atoms with Crippen molar-refractivity contribution in [1.29, 1.82) is 0 Å². The maximum Gasteiger partial charge on any atom is 0.410 e. The van der Waals surface area contributed by atoms with Crippen LogP contribution in [0.2, 0.25) is 0 Å². The second-order valence-electron chi connectivity index (χ2n) is 8.60. The topological polar surface area (TPSA) is 86.3 Å². The van der Waals surface area contributed by atoms with Crippen molar-refractivity contribution in [3.8, 4) is 0 Å². The zero-order chi connectivity index (χ0) is 20.7. The highest BCUT2D eigenvalue weighted by Crippen LogP contribution is 2.20. The molecule has 0 aromatic carbocycles. The maximum absolute atomic E-state index is 12.5. The van der Waals surface area contributed by atoms with Gasteiger partial charge in [0.1, 0.15) is 5.60 Å². The number of ether oxygens (including phenoxy) is 1. The molecule has 0 spiro atoms. The van der Waals surface area contributed by atoms with E-state index in [2.05, 4.69) is 15.6 Å². The van der Waals surface area contributed by atoms with E-state index in [1.165, 1.54) is 0 Å². The van der Waals surface area contributed by atoms with Crippen LogP contribution in [0.25, 0.3) is 0 Å². The van der Waals surface area contributed by atoms with Crippen LogP contribution in [-0.4, -0.2) is 78.7 Å². The number of amides is 2. The molecule has 2 saturated heterocycles. The fraction of sp³-hybridized carbons (Fsp3) is 0.850. The number of nitrogens with zero attached hydrogens (tertiary/aromatic N) is 3. The lowest BCUT2D eigenvalue weighted by Crippen LogP contribution is -2.53. The standard InChI is InChI=1S/C20H37N5O3/c1-6-17(26)24-12-10-15(14-24)23-18(21-5)22-13-16-9-7-8-11-25(16)19(27)28-20(2,3)4/h15-16H,6-14H2,1-5H3,(H2,21,22,23). The Balaban J connectivity index is 1.85. The van der Waals surface area contributed by atoms with E-state index in [1.54, 1.807) is 7.05 Å². The van der Waals surface area contributed by atoms with Crippen molar-refractivity contribution in [2.24, 2.45) is 4.99 Å². The molecule has 2 amide bonds. The summed E-state index contributed by atoms with van der Waals surface area (Å²) in [6.45, 7) is 10.4. The van der Waals surface area contributed by atoms with Gasteiger partial charge < -0.3 is 25.2 Å². The summed E-state index contributed by atoms with van der Waals surface area (Å²) in [6, 6.07) is 0.291. The van der Waals surface area contributed by atoms with Crippen LogP contribution in [0, 0.1) is 0 Å². The highest BCUT2D eigenvalue weighted by molar-refractivity contribution is 5.80. The van der Waals surface area contributed by atoms with E-state index in [0.29, 0.717) is 25.5 Å². The molecule has 160 valence electrons. The number of aliphatic imine (C=N–C) groups is 1. The van der Waals surface area contributed by atoms with Crippen molar-refractivity contribution < 1.29 is 14.3 Å². The fourth-order valence-corrected chi connectivity index (χ4v) is 3.70. The highest BCUT2D eigenvalue weighted by atomic mass is 16.6. The smallest absolute Gasteiger partial charge is 0.410 e. The Kier molecular flexibility index (Phi) is 7.95. The number of rotatable bonds is 4. The number of likely N-dealkylation sites (tertiary alicyclic amines) is 2. The van der Waals surface area contributed by atoms with Crippen LogP contribution >= 0.6 is 0 Å². The third-order valence-electron chi connectivity index (χ3n) is 5.17.